The molecule has 1 atom stereocenters. The first-order valence-electron chi connectivity index (χ1n) is 8.90. The summed E-state index contributed by atoms with van der Waals surface area (Å²) in [5, 5.41) is 13.9. The summed E-state index contributed by atoms with van der Waals surface area (Å²) in [4.78, 5) is 25.6. The van der Waals surface area contributed by atoms with Crippen LogP contribution in [0.3, 0.4) is 0 Å². The molecule has 0 aliphatic heterocycles. The van der Waals surface area contributed by atoms with Gasteiger partial charge in [-0.2, -0.15) is 5.10 Å². The Bertz CT molecular complexity index is 836. The molecule has 0 spiro atoms. The summed E-state index contributed by atoms with van der Waals surface area (Å²) < 4.78 is 7.42. The molecule has 27 heavy (non-hydrogen) atoms. The fraction of sp³-hybridized carbons (Fsp3) is 0.450. The standard InChI is InChI=1S/C20H27N3O4/c1-7-27-16-11-9-8-10-14(16)17-15(12-23(21-17)20(3,4)5)18(24)22(6)13(2)19(25)26/h8-13H,7H2,1-6H3,(H,25,26)/t13-/m1/s1. The van der Waals surface area contributed by atoms with Gasteiger partial charge in [0.1, 0.15) is 17.5 Å². The highest BCUT2D eigenvalue weighted by atomic mass is 16.5. The van der Waals surface area contributed by atoms with E-state index in [0.717, 1.165) is 0 Å². The first-order chi connectivity index (χ1) is 12.6. The molecular weight excluding hydrogens is 346 g/mol. The van der Waals surface area contributed by atoms with Crippen molar-refractivity contribution in [3.05, 3.63) is 36.0 Å². The molecule has 0 bridgehead atoms. The third-order valence-corrected chi connectivity index (χ3v) is 4.33. The van der Waals surface area contributed by atoms with Crippen molar-refractivity contribution in [1.82, 2.24) is 14.7 Å². The van der Waals surface area contributed by atoms with Crippen molar-refractivity contribution in [2.24, 2.45) is 0 Å². The second-order valence-corrected chi connectivity index (χ2v) is 7.37. The smallest absolute Gasteiger partial charge is 0.326 e. The number of benzene rings is 1. The number of carbonyl (C=O) groups excluding carboxylic acids is 1. The molecule has 0 saturated heterocycles. The van der Waals surface area contributed by atoms with Gasteiger partial charge in [-0.3, -0.25) is 9.48 Å². The van der Waals surface area contributed by atoms with Crippen LogP contribution in [0.25, 0.3) is 11.3 Å². The zero-order valence-corrected chi connectivity index (χ0v) is 16.7. The van der Waals surface area contributed by atoms with E-state index in [2.05, 4.69) is 5.10 Å². The van der Waals surface area contributed by atoms with Crippen LogP contribution >= 0.6 is 0 Å². The Morgan fingerprint density at radius 2 is 1.93 bits per heavy atom. The molecule has 7 nitrogen and oxygen atoms in total. The number of carbonyl (C=O) groups is 2. The first-order valence-corrected chi connectivity index (χ1v) is 8.90. The van der Waals surface area contributed by atoms with Gasteiger partial charge in [-0.05, 0) is 46.8 Å². The van der Waals surface area contributed by atoms with Crippen molar-refractivity contribution in [3.8, 4) is 17.0 Å². The van der Waals surface area contributed by atoms with Crippen molar-refractivity contribution in [3.63, 3.8) is 0 Å². The van der Waals surface area contributed by atoms with Crippen molar-refractivity contribution in [1.29, 1.82) is 0 Å². The van der Waals surface area contributed by atoms with Crippen LogP contribution in [0, 0.1) is 0 Å². The van der Waals surface area contributed by atoms with Gasteiger partial charge in [0.15, 0.2) is 0 Å². The lowest BCUT2D eigenvalue weighted by atomic mass is 10.1. The largest absolute Gasteiger partial charge is 0.493 e. The first kappa shape index (κ1) is 20.5. The monoisotopic (exact) mass is 373 g/mol. The summed E-state index contributed by atoms with van der Waals surface area (Å²) in [6.07, 6.45) is 1.67. The van der Waals surface area contributed by atoms with Crippen LogP contribution in [0.5, 0.6) is 5.75 Å². The van der Waals surface area contributed by atoms with Gasteiger partial charge in [0.25, 0.3) is 5.91 Å². The number of rotatable bonds is 6. The number of nitrogens with zero attached hydrogens (tertiary/aromatic N) is 3. The fourth-order valence-electron chi connectivity index (χ4n) is 2.55. The average molecular weight is 373 g/mol. The molecule has 2 aromatic rings. The molecule has 2 rings (SSSR count). The maximum absolute atomic E-state index is 13.1. The molecule has 1 aromatic carbocycles. The summed E-state index contributed by atoms with van der Waals surface area (Å²) in [5.41, 5.74) is 1.17. The molecule has 1 aromatic heterocycles. The fourth-order valence-corrected chi connectivity index (χ4v) is 2.55. The van der Waals surface area contributed by atoms with Gasteiger partial charge in [-0.25, -0.2) is 4.79 Å². The molecule has 0 aliphatic carbocycles. The molecule has 0 saturated carbocycles. The maximum Gasteiger partial charge on any atom is 0.326 e. The number of hydrogen-bond donors (Lipinski definition) is 1. The lowest BCUT2D eigenvalue weighted by Gasteiger charge is -2.21. The van der Waals surface area contributed by atoms with E-state index in [1.54, 1.807) is 10.9 Å². The van der Waals surface area contributed by atoms with Gasteiger partial charge in [0, 0.05) is 18.8 Å². The number of ether oxygens (including phenoxy) is 1. The molecule has 1 heterocycles. The van der Waals surface area contributed by atoms with Crippen LogP contribution in [-0.4, -0.2) is 51.4 Å². The summed E-state index contributed by atoms with van der Waals surface area (Å²) in [7, 11) is 1.48. The molecule has 0 fully saturated rings. The van der Waals surface area contributed by atoms with Gasteiger partial charge in [0.2, 0.25) is 0 Å². The van der Waals surface area contributed by atoms with Crippen LogP contribution in [0.1, 0.15) is 45.0 Å². The van der Waals surface area contributed by atoms with E-state index in [-0.39, 0.29) is 5.54 Å². The van der Waals surface area contributed by atoms with Gasteiger partial charge < -0.3 is 14.7 Å². The molecule has 0 aliphatic rings. The molecule has 0 radical (unpaired) electrons. The van der Waals surface area contributed by atoms with Crippen molar-refractivity contribution >= 4 is 11.9 Å². The highest BCUT2D eigenvalue weighted by Crippen LogP contribution is 2.33. The Morgan fingerprint density at radius 1 is 1.30 bits per heavy atom. The minimum Gasteiger partial charge on any atom is -0.493 e. The predicted octanol–water partition coefficient (Wildman–Crippen LogP) is 3.25. The van der Waals surface area contributed by atoms with E-state index >= 15 is 0 Å². The highest BCUT2D eigenvalue weighted by Gasteiger charge is 2.29. The van der Waals surface area contributed by atoms with Crippen LogP contribution in [0.4, 0.5) is 0 Å². The SMILES string of the molecule is CCOc1ccccc1-c1nn(C(C)(C)C)cc1C(=O)N(C)[C@H](C)C(=O)O. The van der Waals surface area contributed by atoms with Crippen molar-refractivity contribution < 1.29 is 19.4 Å². The van der Waals surface area contributed by atoms with Crippen LogP contribution in [-0.2, 0) is 10.3 Å². The third kappa shape index (κ3) is 4.30. The van der Waals surface area contributed by atoms with Gasteiger partial charge in [0.05, 0.1) is 17.7 Å². The van der Waals surface area contributed by atoms with E-state index in [0.29, 0.717) is 29.2 Å². The normalized spacial score (nSPS) is 12.5. The Kier molecular flexibility index (Phi) is 5.93. The zero-order chi connectivity index (χ0) is 20.4. The van der Waals surface area contributed by atoms with E-state index in [1.807, 2.05) is 52.0 Å². The number of amides is 1. The zero-order valence-electron chi connectivity index (χ0n) is 16.7. The number of aromatic nitrogens is 2. The minimum atomic E-state index is -1.06. The number of aliphatic carboxylic acids is 1. The summed E-state index contributed by atoms with van der Waals surface area (Å²) in [5.74, 6) is -0.839. The lowest BCUT2D eigenvalue weighted by molar-refractivity contribution is -0.141. The number of hydrogen-bond acceptors (Lipinski definition) is 4. The third-order valence-electron chi connectivity index (χ3n) is 4.33. The summed E-state index contributed by atoms with van der Waals surface area (Å²) >= 11 is 0. The molecule has 7 heteroatoms. The number of likely N-dealkylation sites (N-methyl/N-ethyl adjacent to an activating group) is 1. The molecule has 1 N–H and O–H groups in total. The van der Waals surface area contributed by atoms with Gasteiger partial charge in [-0.1, -0.05) is 12.1 Å². The van der Waals surface area contributed by atoms with Crippen LogP contribution in [0.2, 0.25) is 0 Å². The molecule has 146 valence electrons. The second-order valence-electron chi connectivity index (χ2n) is 7.37. The topological polar surface area (TPSA) is 84.7 Å². The Hall–Kier alpha value is -2.83. The van der Waals surface area contributed by atoms with Crippen molar-refractivity contribution in [2.75, 3.05) is 13.7 Å². The molecule has 1 amide bonds. The summed E-state index contributed by atoms with van der Waals surface area (Å²) in [6, 6.07) is 6.43. The van der Waals surface area contributed by atoms with Crippen molar-refractivity contribution in [2.45, 2.75) is 46.2 Å². The quantitative estimate of drug-likeness (QED) is 0.840. The lowest BCUT2D eigenvalue weighted by Crippen LogP contribution is -2.40. The van der Waals surface area contributed by atoms with Crippen LogP contribution < -0.4 is 4.74 Å². The summed E-state index contributed by atoms with van der Waals surface area (Å²) in [6.45, 7) is 9.79. The van der Waals surface area contributed by atoms with E-state index in [9.17, 15) is 14.7 Å². The Labute approximate surface area is 159 Å². The Balaban J connectivity index is 2.63. The predicted molar refractivity (Wildman–Crippen MR) is 103 cm³/mol. The van der Waals surface area contributed by atoms with E-state index in [4.69, 9.17) is 4.74 Å². The number of carboxylic acids is 1. The highest BCUT2D eigenvalue weighted by molar-refractivity contribution is 6.01. The second kappa shape index (κ2) is 7.82. The van der Waals surface area contributed by atoms with Gasteiger partial charge in [-0.15, -0.1) is 0 Å². The number of carboxylic acid groups (broad SMARTS) is 1. The Morgan fingerprint density at radius 3 is 2.48 bits per heavy atom. The molecule has 0 unspecified atom stereocenters. The number of para-hydroxylation sites is 1. The van der Waals surface area contributed by atoms with E-state index < -0.39 is 17.9 Å². The van der Waals surface area contributed by atoms with Crippen LogP contribution in [0.15, 0.2) is 30.5 Å². The molecular formula is C20H27N3O4. The van der Waals surface area contributed by atoms with Gasteiger partial charge >= 0.3 is 5.97 Å². The maximum atomic E-state index is 13.1. The minimum absolute atomic E-state index is 0.340. The van der Waals surface area contributed by atoms with E-state index in [1.165, 1.54) is 18.9 Å². The average Bonchev–Trinajstić information content (AvgIpc) is 3.06.